The lowest BCUT2D eigenvalue weighted by molar-refractivity contribution is -0.190. The molecule has 0 unspecified atom stereocenters. The number of hydrogen-bond acceptors (Lipinski definition) is 7. The summed E-state index contributed by atoms with van der Waals surface area (Å²) in [5, 5.41) is 0. The molecule has 3 fully saturated rings. The molecule has 7 heteroatoms. The van der Waals surface area contributed by atoms with E-state index in [0.717, 1.165) is 44.9 Å². The van der Waals surface area contributed by atoms with Crippen molar-refractivity contribution in [2.24, 2.45) is 28.6 Å². The minimum Gasteiger partial charge on any atom is -0.462 e. The average molecular weight is 475 g/mol. The molecule has 7 atom stereocenters. The number of allylic oxidation sites excluding steroid dienone is 1. The number of Topliss-reactive ketones (excluding diaryl/α,β-unsaturated/α-hetero) is 1. The first-order valence-corrected chi connectivity index (χ1v) is 12.7. The molecule has 7 nitrogen and oxygen atoms in total. The Morgan fingerprint density at radius 3 is 2.26 bits per heavy atom. The van der Waals surface area contributed by atoms with Gasteiger partial charge in [-0.2, -0.15) is 0 Å². The molecule has 0 aromatic carbocycles. The molecular weight excluding hydrogens is 436 g/mol. The monoisotopic (exact) mass is 474 g/mol. The molecular formula is C27H38O7. The summed E-state index contributed by atoms with van der Waals surface area (Å²) in [7, 11) is 0. The molecule has 4 rings (SSSR count). The zero-order chi connectivity index (χ0) is 24.9. The van der Waals surface area contributed by atoms with Crippen LogP contribution in [0.4, 0.5) is 0 Å². The van der Waals surface area contributed by atoms with E-state index in [1.807, 2.05) is 0 Å². The zero-order valence-electron chi connectivity index (χ0n) is 21.1. The third-order valence-corrected chi connectivity index (χ3v) is 9.69. The summed E-state index contributed by atoms with van der Waals surface area (Å²) in [5.41, 5.74) is -0.268. The minimum absolute atomic E-state index is 0.0378. The standard InChI is InChI=1S/C27H38O7/c1-16(28)32-15-24(31)27(34-18(3)30)13-10-23-21-7-6-19-14-20(33-17(2)29)8-11-25(19,4)22(21)9-12-26(23,27)5/h6,20-23H,7-15H2,1-5H3/t20-,21-,22+,23-,25+,26+,27+/m1/s1. The van der Waals surface area contributed by atoms with Gasteiger partial charge in [0.1, 0.15) is 6.10 Å². The quantitative estimate of drug-likeness (QED) is 0.333. The minimum atomic E-state index is -1.25. The van der Waals surface area contributed by atoms with Gasteiger partial charge in [0.25, 0.3) is 0 Å². The number of rotatable bonds is 5. The summed E-state index contributed by atoms with van der Waals surface area (Å²) in [4.78, 5) is 48.5. The first kappa shape index (κ1) is 24.9. The lowest BCUT2D eigenvalue weighted by atomic mass is 9.46. The number of hydrogen-bond donors (Lipinski definition) is 0. The molecule has 4 aliphatic carbocycles. The fourth-order valence-electron chi connectivity index (χ4n) is 8.17. The van der Waals surface area contributed by atoms with Crippen molar-refractivity contribution in [3.05, 3.63) is 11.6 Å². The summed E-state index contributed by atoms with van der Waals surface area (Å²) >= 11 is 0. The SMILES string of the molecule is CC(=O)OCC(=O)[C@@]1(OC(C)=O)CC[C@@H]2[C@@H]3CC=C4C[C@H](OC(C)=O)CC[C@]4(C)[C@H]3CC[C@@]21C. The highest BCUT2D eigenvalue weighted by Crippen LogP contribution is 2.68. The summed E-state index contributed by atoms with van der Waals surface area (Å²) in [6, 6.07) is 0. The van der Waals surface area contributed by atoms with Crippen LogP contribution in [0.3, 0.4) is 0 Å². The summed E-state index contributed by atoms with van der Waals surface area (Å²) in [6.45, 7) is 8.20. The van der Waals surface area contributed by atoms with Crippen molar-refractivity contribution >= 4 is 23.7 Å². The van der Waals surface area contributed by atoms with Crippen molar-refractivity contribution in [2.75, 3.05) is 6.61 Å². The van der Waals surface area contributed by atoms with Crippen molar-refractivity contribution in [3.63, 3.8) is 0 Å². The highest BCUT2D eigenvalue weighted by atomic mass is 16.6. The fraction of sp³-hybridized carbons (Fsp3) is 0.778. The Kier molecular flexibility index (Phi) is 6.45. The van der Waals surface area contributed by atoms with Crippen molar-refractivity contribution in [1.82, 2.24) is 0 Å². The van der Waals surface area contributed by atoms with Gasteiger partial charge in [0.2, 0.25) is 5.78 Å². The maximum Gasteiger partial charge on any atom is 0.303 e. The van der Waals surface area contributed by atoms with Gasteiger partial charge < -0.3 is 14.2 Å². The second kappa shape index (κ2) is 8.80. The number of esters is 3. The average Bonchev–Trinajstić information content (AvgIpc) is 3.04. The Hall–Kier alpha value is -2.18. The molecule has 0 aromatic heterocycles. The molecule has 0 aromatic rings. The van der Waals surface area contributed by atoms with Gasteiger partial charge in [0.05, 0.1) is 0 Å². The Morgan fingerprint density at radius 1 is 0.912 bits per heavy atom. The van der Waals surface area contributed by atoms with E-state index in [1.165, 1.54) is 26.3 Å². The van der Waals surface area contributed by atoms with Gasteiger partial charge in [-0.3, -0.25) is 19.2 Å². The van der Waals surface area contributed by atoms with Crippen molar-refractivity contribution in [3.8, 4) is 0 Å². The van der Waals surface area contributed by atoms with Crippen LogP contribution in [0, 0.1) is 28.6 Å². The Morgan fingerprint density at radius 2 is 1.62 bits per heavy atom. The number of ketones is 1. The lowest BCUT2D eigenvalue weighted by Gasteiger charge is -2.59. The molecule has 0 amide bonds. The van der Waals surface area contributed by atoms with Gasteiger partial charge in [-0.25, -0.2) is 0 Å². The molecule has 0 radical (unpaired) electrons. The molecule has 0 N–H and O–H groups in total. The van der Waals surface area contributed by atoms with E-state index in [4.69, 9.17) is 14.2 Å². The number of ether oxygens (including phenoxy) is 3. The van der Waals surface area contributed by atoms with Gasteiger partial charge >= 0.3 is 17.9 Å². The summed E-state index contributed by atoms with van der Waals surface area (Å²) < 4.78 is 16.5. The van der Waals surface area contributed by atoms with Crippen molar-refractivity contribution < 1.29 is 33.4 Å². The van der Waals surface area contributed by atoms with Crippen molar-refractivity contribution in [2.45, 2.75) is 97.7 Å². The molecule has 0 bridgehead atoms. The second-order valence-corrected chi connectivity index (χ2v) is 11.4. The first-order chi connectivity index (χ1) is 15.9. The normalized spacial score (nSPS) is 40.7. The van der Waals surface area contributed by atoms with E-state index in [-0.39, 0.29) is 35.8 Å². The smallest absolute Gasteiger partial charge is 0.303 e. The van der Waals surface area contributed by atoms with E-state index in [1.54, 1.807) is 0 Å². The molecule has 0 saturated heterocycles. The van der Waals surface area contributed by atoms with Crippen molar-refractivity contribution in [1.29, 1.82) is 0 Å². The van der Waals surface area contributed by atoms with E-state index < -0.39 is 23.0 Å². The molecule has 0 aliphatic heterocycles. The van der Waals surface area contributed by atoms with E-state index >= 15 is 0 Å². The number of carbonyl (C=O) groups excluding carboxylic acids is 4. The van der Waals surface area contributed by atoms with E-state index in [0.29, 0.717) is 18.3 Å². The van der Waals surface area contributed by atoms with Gasteiger partial charge in [-0.15, -0.1) is 0 Å². The summed E-state index contributed by atoms with van der Waals surface area (Å²) in [5.74, 6) is -0.382. The van der Waals surface area contributed by atoms with Crippen LogP contribution in [0.5, 0.6) is 0 Å². The third-order valence-electron chi connectivity index (χ3n) is 9.69. The van der Waals surface area contributed by atoms with Crippen LogP contribution in [-0.4, -0.2) is 42.0 Å². The van der Waals surface area contributed by atoms with Crippen LogP contribution < -0.4 is 0 Å². The molecule has 3 saturated carbocycles. The molecule has 4 aliphatic rings. The molecule has 0 spiro atoms. The van der Waals surface area contributed by atoms with E-state index in [2.05, 4.69) is 19.9 Å². The molecule has 0 heterocycles. The van der Waals surface area contributed by atoms with Crippen LogP contribution in [0.1, 0.15) is 86.0 Å². The van der Waals surface area contributed by atoms with Gasteiger partial charge in [-0.05, 0) is 68.1 Å². The first-order valence-electron chi connectivity index (χ1n) is 12.7. The highest BCUT2D eigenvalue weighted by molar-refractivity contribution is 5.93. The van der Waals surface area contributed by atoms with Gasteiger partial charge in [-0.1, -0.05) is 25.5 Å². The highest BCUT2D eigenvalue weighted by Gasteiger charge is 2.68. The maximum atomic E-state index is 13.4. The van der Waals surface area contributed by atoms with Crippen LogP contribution >= 0.6 is 0 Å². The molecule has 34 heavy (non-hydrogen) atoms. The van der Waals surface area contributed by atoms with Crippen LogP contribution in [-0.2, 0) is 33.4 Å². The van der Waals surface area contributed by atoms with E-state index in [9.17, 15) is 19.2 Å². The Labute approximate surface area is 202 Å². The number of fused-ring (bicyclic) bond motifs is 5. The predicted molar refractivity (Wildman–Crippen MR) is 123 cm³/mol. The van der Waals surface area contributed by atoms with Crippen LogP contribution in [0.25, 0.3) is 0 Å². The van der Waals surface area contributed by atoms with Crippen LogP contribution in [0.15, 0.2) is 11.6 Å². The second-order valence-electron chi connectivity index (χ2n) is 11.4. The lowest BCUT2D eigenvalue weighted by Crippen LogP contribution is -2.59. The fourth-order valence-corrected chi connectivity index (χ4v) is 8.17. The maximum absolute atomic E-state index is 13.4. The zero-order valence-corrected chi connectivity index (χ0v) is 21.1. The van der Waals surface area contributed by atoms with Crippen LogP contribution in [0.2, 0.25) is 0 Å². The third kappa shape index (κ3) is 3.89. The number of carbonyl (C=O) groups is 4. The predicted octanol–water partition coefficient (Wildman–Crippen LogP) is 4.32. The van der Waals surface area contributed by atoms with Gasteiger partial charge in [0.15, 0.2) is 12.2 Å². The Bertz CT molecular complexity index is 922. The largest absolute Gasteiger partial charge is 0.462 e. The summed E-state index contributed by atoms with van der Waals surface area (Å²) in [6.07, 6.45) is 8.93. The molecule has 188 valence electrons. The topological polar surface area (TPSA) is 96.0 Å². The Balaban J connectivity index is 1.62. The van der Waals surface area contributed by atoms with Gasteiger partial charge in [0, 0.05) is 32.6 Å².